The van der Waals surface area contributed by atoms with Crippen LogP contribution in [0.1, 0.15) is 5.56 Å². The van der Waals surface area contributed by atoms with Crippen LogP contribution in [0.15, 0.2) is 93.7 Å². The van der Waals surface area contributed by atoms with Gasteiger partial charge in [-0.15, -0.1) is 0 Å². The second-order valence-electron chi connectivity index (χ2n) is 6.80. The zero-order valence-corrected chi connectivity index (χ0v) is 17.4. The van der Waals surface area contributed by atoms with E-state index in [-0.39, 0.29) is 18.2 Å². The number of halogens is 1. The third-order valence-electron chi connectivity index (χ3n) is 4.65. The van der Waals surface area contributed by atoms with Gasteiger partial charge in [-0.25, -0.2) is 19.3 Å². The Labute approximate surface area is 186 Å². The quantitative estimate of drug-likeness (QED) is 0.392. The van der Waals surface area contributed by atoms with Crippen LogP contribution in [0.2, 0.25) is 0 Å². The van der Waals surface area contributed by atoms with Gasteiger partial charge >= 0.3 is 0 Å². The molecule has 9 heteroatoms. The molecule has 0 unspecified atom stereocenters. The van der Waals surface area contributed by atoms with E-state index in [1.807, 2.05) is 30.3 Å². The topological polar surface area (TPSA) is 89.9 Å². The molecule has 1 N–H and O–H groups in total. The summed E-state index contributed by atoms with van der Waals surface area (Å²) in [5, 5.41) is 15.4. The van der Waals surface area contributed by atoms with E-state index in [0.717, 1.165) is 4.90 Å². The van der Waals surface area contributed by atoms with Crippen LogP contribution in [0.3, 0.4) is 0 Å². The number of aromatic nitrogens is 5. The summed E-state index contributed by atoms with van der Waals surface area (Å²) in [7, 11) is 0. The van der Waals surface area contributed by atoms with Gasteiger partial charge in [-0.2, -0.15) is 5.10 Å². The van der Waals surface area contributed by atoms with E-state index in [2.05, 4.69) is 20.1 Å². The van der Waals surface area contributed by atoms with Gasteiger partial charge in [0.15, 0.2) is 5.03 Å². The molecule has 0 fully saturated rings. The van der Waals surface area contributed by atoms with Crippen molar-refractivity contribution in [2.24, 2.45) is 0 Å². The molecule has 5 rings (SSSR count). The Morgan fingerprint density at radius 1 is 1.00 bits per heavy atom. The van der Waals surface area contributed by atoms with Crippen LogP contribution in [0.4, 0.5) is 4.39 Å². The summed E-state index contributed by atoms with van der Waals surface area (Å²) in [6.45, 7) is 0.172. The standard InChI is InChI=1S/C23H16FN5O2S/c24-17-9-5-4-6-15(17)14-29-20(22-25-10-11-31-22)12-18(28-29)19-13-26-23(21(30)27-19)32-16-7-2-1-3-8-16/h1-13H,14H2,(H,27,30). The molecule has 0 aliphatic rings. The van der Waals surface area contributed by atoms with E-state index >= 15 is 0 Å². The first-order valence-corrected chi connectivity index (χ1v) is 10.5. The summed E-state index contributed by atoms with van der Waals surface area (Å²) >= 11 is 1.31. The zero-order valence-electron chi connectivity index (χ0n) is 16.6. The van der Waals surface area contributed by atoms with Crippen LogP contribution in [-0.2, 0) is 6.54 Å². The van der Waals surface area contributed by atoms with Gasteiger partial charge in [0.05, 0.1) is 18.9 Å². The third kappa shape index (κ3) is 4.10. The van der Waals surface area contributed by atoms with Crippen molar-refractivity contribution >= 4 is 11.8 Å². The Morgan fingerprint density at radius 3 is 2.56 bits per heavy atom. The highest BCUT2D eigenvalue weighted by Crippen LogP contribution is 2.33. The lowest BCUT2D eigenvalue weighted by Crippen LogP contribution is -2.06. The molecule has 2 aromatic carbocycles. The number of oxazole rings is 1. The van der Waals surface area contributed by atoms with Crippen molar-refractivity contribution < 1.29 is 13.9 Å². The minimum absolute atomic E-state index is 0.172. The fraction of sp³-hybridized carbons (Fsp3) is 0.0435. The van der Waals surface area contributed by atoms with E-state index in [1.54, 1.807) is 35.1 Å². The van der Waals surface area contributed by atoms with Gasteiger partial charge < -0.3 is 9.52 Å². The van der Waals surface area contributed by atoms with Gasteiger partial charge in [-0.1, -0.05) is 48.2 Å². The molecule has 7 nitrogen and oxygen atoms in total. The Bertz CT molecular complexity index is 1360. The number of hydrogen-bond donors (Lipinski definition) is 1. The van der Waals surface area contributed by atoms with Crippen molar-refractivity contribution in [1.29, 1.82) is 0 Å². The number of nitrogens with zero attached hydrogens (tertiary/aromatic N) is 5. The summed E-state index contributed by atoms with van der Waals surface area (Å²) < 4.78 is 21.2. The van der Waals surface area contributed by atoms with Gasteiger partial charge in [0.1, 0.15) is 29.2 Å². The maximum Gasteiger partial charge on any atom is 0.245 e. The molecule has 0 aliphatic heterocycles. The fourth-order valence-electron chi connectivity index (χ4n) is 3.14. The Kier molecular flexibility index (Phi) is 5.39. The van der Waals surface area contributed by atoms with Crippen LogP contribution < -0.4 is 0 Å². The molecule has 3 aromatic heterocycles. The molecule has 0 spiro atoms. The summed E-state index contributed by atoms with van der Waals surface area (Å²) in [6.07, 6.45) is 4.52. The van der Waals surface area contributed by atoms with E-state index in [9.17, 15) is 9.50 Å². The molecule has 0 bridgehead atoms. The minimum Gasteiger partial charge on any atom is -0.491 e. The van der Waals surface area contributed by atoms with E-state index in [4.69, 9.17) is 4.42 Å². The van der Waals surface area contributed by atoms with E-state index in [1.165, 1.54) is 30.3 Å². The summed E-state index contributed by atoms with van der Waals surface area (Å²) in [4.78, 5) is 13.7. The monoisotopic (exact) mass is 445 g/mol. The van der Waals surface area contributed by atoms with Gasteiger partial charge in [0.2, 0.25) is 11.8 Å². The number of rotatable bonds is 6. The molecule has 0 saturated heterocycles. The predicted molar refractivity (Wildman–Crippen MR) is 116 cm³/mol. The highest BCUT2D eigenvalue weighted by Gasteiger charge is 2.18. The van der Waals surface area contributed by atoms with E-state index < -0.39 is 0 Å². The van der Waals surface area contributed by atoms with Gasteiger partial charge in [0, 0.05) is 10.5 Å². The lowest BCUT2D eigenvalue weighted by Gasteiger charge is -2.06. The van der Waals surface area contributed by atoms with Crippen molar-refractivity contribution in [3.05, 3.63) is 90.7 Å². The highest BCUT2D eigenvalue weighted by atomic mass is 32.2. The smallest absolute Gasteiger partial charge is 0.245 e. The Balaban J connectivity index is 1.50. The molecule has 5 aromatic rings. The first-order valence-electron chi connectivity index (χ1n) is 9.68. The zero-order chi connectivity index (χ0) is 21.9. The van der Waals surface area contributed by atoms with Crippen LogP contribution in [0.25, 0.3) is 23.0 Å². The predicted octanol–water partition coefficient (Wildman–Crippen LogP) is 5.04. The van der Waals surface area contributed by atoms with Crippen LogP contribution >= 0.6 is 11.8 Å². The maximum atomic E-state index is 14.2. The number of hydrogen-bond acceptors (Lipinski definition) is 7. The van der Waals surface area contributed by atoms with Gasteiger partial charge in [-0.05, 0) is 24.3 Å². The van der Waals surface area contributed by atoms with E-state index in [0.29, 0.717) is 33.6 Å². The first-order chi connectivity index (χ1) is 15.7. The SMILES string of the molecule is Oc1nc(-c2cc(-c3ncco3)n(Cc3ccccc3F)n2)cnc1Sc1ccccc1. The van der Waals surface area contributed by atoms with Crippen molar-refractivity contribution in [2.75, 3.05) is 0 Å². The van der Waals surface area contributed by atoms with Crippen molar-refractivity contribution in [3.8, 4) is 28.9 Å². The molecule has 32 heavy (non-hydrogen) atoms. The minimum atomic E-state index is -0.331. The normalized spacial score (nSPS) is 11.0. The average molecular weight is 445 g/mol. The molecule has 3 heterocycles. The number of aromatic hydroxyl groups is 1. The van der Waals surface area contributed by atoms with Crippen molar-refractivity contribution in [3.63, 3.8) is 0 Å². The largest absolute Gasteiger partial charge is 0.491 e. The second kappa shape index (κ2) is 8.64. The van der Waals surface area contributed by atoms with Crippen LogP contribution in [-0.4, -0.2) is 29.8 Å². The average Bonchev–Trinajstić information content (AvgIpc) is 3.48. The Morgan fingerprint density at radius 2 is 1.81 bits per heavy atom. The van der Waals surface area contributed by atoms with Crippen LogP contribution in [0, 0.1) is 5.82 Å². The second-order valence-corrected chi connectivity index (χ2v) is 7.86. The number of benzene rings is 2. The molecular weight excluding hydrogens is 429 g/mol. The van der Waals surface area contributed by atoms with Crippen molar-refractivity contribution in [2.45, 2.75) is 16.5 Å². The lowest BCUT2D eigenvalue weighted by molar-refractivity contribution is 0.434. The Hall–Kier alpha value is -3.98. The summed E-state index contributed by atoms with van der Waals surface area (Å²) in [5.74, 6) is -0.186. The highest BCUT2D eigenvalue weighted by molar-refractivity contribution is 7.99. The molecule has 0 radical (unpaired) electrons. The molecule has 158 valence electrons. The lowest BCUT2D eigenvalue weighted by atomic mass is 10.2. The fourth-order valence-corrected chi connectivity index (χ4v) is 3.90. The molecule has 0 amide bonds. The maximum absolute atomic E-state index is 14.2. The molecule has 0 saturated carbocycles. The molecule has 0 atom stereocenters. The molecular formula is C23H16FN5O2S. The van der Waals surface area contributed by atoms with Gasteiger partial charge in [-0.3, -0.25) is 4.68 Å². The summed E-state index contributed by atoms with van der Waals surface area (Å²) in [5.41, 5.74) is 1.85. The first kappa shape index (κ1) is 20.0. The molecule has 0 aliphatic carbocycles. The van der Waals surface area contributed by atoms with Gasteiger partial charge in [0.25, 0.3) is 0 Å². The van der Waals surface area contributed by atoms with Crippen molar-refractivity contribution in [1.82, 2.24) is 24.7 Å². The van der Waals surface area contributed by atoms with Crippen LogP contribution in [0.5, 0.6) is 5.88 Å². The third-order valence-corrected chi connectivity index (χ3v) is 5.64. The summed E-state index contributed by atoms with van der Waals surface area (Å²) in [6, 6.07) is 17.8.